The van der Waals surface area contributed by atoms with Crippen molar-refractivity contribution in [1.82, 2.24) is 0 Å². The predicted octanol–water partition coefficient (Wildman–Crippen LogP) is 2.74. The van der Waals surface area contributed by atoms with Crippen LogP contribution in [0.1, 0.15) is 11.1 Å². The van der Waals surface area contributed by atoms with Crippen LogP contribution in [-0.4, -0.2) is 0 Å². The number of benzene rings is 1. The molecule has 0 saturated heterocycles. The van der Waals surface area contributed by atoms with Gasteiger partial charge in [0.25, 0.3) is 0 Å². The fraction of sp³-hybridized carbons (Fsp3) is 0.250. The Kier molecular flexibility index (Phi) is 2.17. The predicted molar refractivity (Wildman–Crippen MR) is 35.9 cm³/mol. The Labute approximate surface area is 62.7 Å². The third-order valence-corrected chi connectivity index (χ3v) is 1.50. The summed E-state index contributed by atoms with van der Waals surface area (Å²) in [6.45, 7) is 0.462. The zero-order valence-electron chi connectivity index (χ0n) is 6.00. The normalized spacial score (nSPS) is 10.2. The first-order valence-electron chi connectivity index (χ1n) is 3.16. The minimum absolute atomic E-state index is 0.194. The average Bonchev–Trinajstić information content (AvgIpc) is 2.01. The smallest absolute Gasteiger partial charge is 0.164 e. The molecule has 0 aromatic heterocycles. The van der Waals surface area contributed by atoms with E-state index in [0.717, 1.165) is 0 Å². The van der Waals surface area contributed by atoms with Gasteiger partial charge in [-0.25, -0.2) is 13.2 Å². The first-order chi connectivity index (χ1) is 5.16. The topological polar surface area (TPSA) is 0 Å². The van der Waals surface area contributed by atoms with E-state index in [1.54, 1.807) is 0 Å². The first kappa shape index (κ1) is 8.11. The fourth-order valence-corrected chi connectivity index (χ4v) is 0.789. The molecule has 3 heteroatoms. The molecule has 0 unspecified atom stereocenters. The lowest BCUT2D eigenvalue weighted by molar-refractivity contribution is 0.439. The molecular formula is C8H7F3. The molecule has 0 bridgehead atoms. The Morgan fingerprint density at radius 2 is 1.82 bits per heavy atom. The Bertz CT molecular complexity index is 268. The minimum atomic E-state index is -1.08. The highest BCUT2D eigenvalue weighted by molar-refractivity contribution is 5.24. The van der Waals surface area contributed by atoms with E-state index in [9.17, 15) is 13.2 Å². The van der Waals surface area contributed by atoms with Crippen molar-refractivity contribution in [1.29, 1.82) is 0 Å². The van der Waals surface area contributed by atoms with Crippen molar-refractivity contribution in [3.8, 4) is 0 Å². The van der Waals surface area contributed by atoms with Gasteiger partial charge in [0.05, 0.1) is 0 Å². The second-order valence-electron chi connectivity index (χ2n) is 2.30. The zero-order chi connectivity index (χ0) is 8.43. The summed E-state index contributed by atoms with van der Waals surface area (Å²) in [5, 5.41) is 0. The van der Waals surface area contributed by atoms with Crippen molar-refractivity contribution < 1.29 is 13.2 Å². The quantitative estimate of drug-likeness (QED) is 0.592. The standard InChI is InChI=1S/C8H7F3/c1-5-2-3-6(4-9)8(11)7(5)10/h2-3H,4H2,1H3. The average molecular weight is 160 g/mol. The van der Waals surface area contributed by atoms with E-state index in [-0.39, 0.29) is 11.1 Å². The zero-order valence-corrected chi connectivity index (χ0v) is 6.00. The van der Waals surface area contributed by atoms with Gasteiger partial charge >= 0.3 is 0 Å². The van der Waals surface area contributed by atoms with E-state index in [2.05, 4.69) is 0 Å². The number of rotatable bonds is 1. The molecule has 0 saturated carbocycles. The number of hydrogen-bond donors (Lipinski definition) is 0. The highest BCUT2D eigenvalue weighted by Crippen LogP contribution is 2.15. The number of aryl methyl sites for hydroxylation is 1. The van der Waals surface area contributed by atoms with Crippen LogP contribution in [0, 0.1) is 18.6 Å². The summed E-state index contributed by atoms with van der Waals surface area (Å²) in [5.74, 6) is -2.03. The van der Waals surface area contributed by atoms with Gasteiger partial charge in [-0.05, 0) is 12.5 Å². The van der Waals surface area contributed by atoms with E-state index >= 15 is 0 Å². The molecule has 0 heterocycles. The maximum atomic E-state index is 12.6. The van der Waals surface area contributed by atoms with Crippen LogP contribution >= 0.6 is 0 Å². The van der Waals surface area contributed by atoms with E-state index in [1.807, 2.05) is 0 Å². The van der Waals surface area contributed by atoms with Gasteiger partial charge < -0.3 is 0 Å². The van der Waals surface area contributed by atoms with Crippen LogP contribution in [0.15, 0.2) is 12.1 Å². The monoisotopic (exact) mass is 160 g/mol. The van der Waals surface area contributed by atoms with E-state index in [0.29, 0.717) is 0 Å². The summed E-state index contributed by atoms with van der Waals surface area (Å²) in [4.78, 5) is 0. The van der Waals surface area contributed by atoms with Gasteiger partial charge in [0.2, 0.25) is 0 Å². The van der Waals surface area contributed by atoms with Gasteiger partial charge in [-0.15, -0.1) is 0 Å². The van der Waals surface area contributed by atoms with Crippen molar-refractivity contribution in [3.63, 3.8) is 0 Å². The summed E-state index contributed by atoms with van der Waals surface area (Å²) < 4.78 is 37.2. The van der Waals surface area contributed by atoms with Crippen molar-refractivity contribution in [3.05, 3.63) is 34.9 Å². The molecule has 0 aliphatic rings. The van der Waals surface area contributed by atoms with E-state index in [4.69, 9.17) is 0 Å². The lowest BCUT2D eigenvalue weighted by Crippen LogP contribution is -1.94. The minimum Gasteiger partial charge on any atom is -0.246 e. The molecule has 0 N–H and O–H groups in total. The largest absolute Gasteiger partial charge is 0.246 e. The Morgan fingerprint density at radius 1 is 1.18 bits per heavy atom. The van der Waals surface area contributed by atoms with Crippen molar-refractivity contribution in [2.75, 3.05) is 0 Å². The summed E-state index contributed by atoms with van der Waals surface area (Å²) in [5.41, 5.74) is -0.0344. The van der Waals surface area contributed by atoms with Crippen LogP contribution in [0.3, 0.4) is 0 Å². The fourth-order valence-electron chi connectivity index (χ4n) is 0.789. The Morgan fingerprint density at radius 3 is 2.36 bits per heavy atom. The summed E-state index contributed by atoms with van der Waals surface area (Å²) in [6.07, 6.45) is 0. The highest BCUT2D eigenvalue weighted by Gasteiger charge is 2.09. The lowest BCUT2D eigenvalue weighted by atomic mass is 10.1. The molecule has 1 rings (SSSR count). The molecule has 0 aliphatic carbocycles. The third-order valence-electron chi connectivity index (χ3n) is 1.50. The molecule has 0 atom stereocenters. The van der Waals surface area contributed by atoms with Crippen LogP contribution in [0.25, 0.3) is 0 Å². The van der Waals surface area contributed by atoms with Crippen molar-refractivity contribution >= 4 is 0 Å². The molecule has 0 aliphatic heterocycles. The Hall–Kier alpha value is -0.990. The molecule has 0 amide bonds. The molecule has 0 nitrogen and oxygen atoms in total. The maximum absolute atomic E-state index is 12.6. The van der Waals surface area contributed by atoms with Crippen LogP contribution in [-0.2, 0) is 6.67 Å². The first-order valence-corrected chi connectivity index (χ1v) is 3.16. The van der Waals surface area contributed by atoms with Crippen LogP contribution < -0.4 is 0 Å². The van der Waals surface area contributed by atoms with Crippen LogP contribution in [0.2, 0.25) is 0 Å². The van der Waals surface area contributed by atoms with Crippen LogP contribution in [0.5, 0.6) is 0 Å². The summed E-state index contributed by atoms with van der Waals surface area (Å²) >= 11 is 0. The van der Waals surface area contributed by atoms with Crippen molar-refractivity contribution in [2.45, 2.75) is 13.6 Å². The second-order valence-corrected chi connectivity index (χ2v) is 2.30. The highest BCUT2D eigenvalue weighted by atomic mass is 19.2. The molecule has 0 spiro atoms. The molecule has 0 radical (unpaired) electrons. The van der Waals surface area contributed by atoms with Gasteiger partial charge in [0.15, 0.2) is 11.6 Å². The SMILES string of the molecule is Cc1ccc(CF)c(F)c1F. The molecule has 60 valence electrons. The second kappa shape index (κ2) is 2.95. The maximum Gasteiger partial charge on any atom is 0.164 e. The molecule has 11 heavy (non-hydrogen) atoms. The summed E-state index contributed by atoms with van der Waals surface area (Å²) in [7, 11) is 0. The van der Waals surface area contributed by atoms with Gasteiger partial charge in [-0.3, -0.25) is 0 Å². The summed E-state index contributed by atoms with van der Waals surface area (Å²) in [6, 6.07) is 2.60. The molecule has 0 fully saturated rings. The molecule has 1 aromatic rings. The van der Waals surface area contributed by atoms with Gasteiger partial charge in [-0.2, -0.15) is 0 Å². The number of hydrogen-bond acceptors (Lipinski definition) is 0. The van der Waals surface area contributed by atoms with Crippen molar-refractivity contribution in [2.24, 2.45) is 0 Å². The van der Waals surface area contributed by atoms with Crippen LogP contribution in [0.4, 0.5) is 13.2 Å². The van der Waals surface area contributed by atoms with E-state index < -0.39 is 18.3 Å². The van der Waals surface area contributed by atoms with Gasteiger partial charge in [0, 0.05) is 5.56 Å². The third kappa shape index (κ3) is 1.37. The van der Waals surface area contributed by atoms with Gasteiger partial charge in [-0.1, -0.05) is 12.1 Å². The molecule has 1 aromatic carbocycles. The Balaban J connectivity index is 3.25. The molecular weight excluding hydrogens is 153 g/mol. The number of halogens is 3. The van der Waals surface area contributed by atoms with Gasteiger partial charge in [0.1, 0.15) is 6.67 Å². The van der Waals surface area contributed by atoms with E-state index in [1.165, 1.54) is 19.1 Å². The lowest BCUT2D eigenvalue weighted by Gasteiger charge is -2.00. The number of alkyl halides is 1.